The van der Waals surface area contributed by atoms with E-state index in [1.54, 1.807) is 18.2 Å². The van der Waals surface area contributed by atoms with Crippen molar-refractivity contribution in [3.8, 4) is 11.5 Å². The van der Waals surface area contributed by atoms with Gasteiger partial charge in [-0.2, -0.15) is 0 Å². The van der Waals surface area contributed by atoms with Crippen LogP contribution in [0.2, 0.25) is 0 Å². The molecule has 0 fully saturated rings. The van der Waals surface area contributed by atoms with E-state index in [1.807, 2.05) is 6.92 Å². The zero-order chi connectivity index (χ0) is 14.4. The van der Waals surface area contributed by atoms with Crippen LogP contribution in [0.1, 0.15) is 26.2 Å². The zero-order valence-corrected chi connectivity index (χ0v) is 11.3. The van der Waals surface area contributed by atoms with Crippen LogP contribution >= 0.6 is 0 Å². The first-order valence-electron chi connectivity index (χ1n) is 6.54. The SMILES string of the molecule is CCCCC(=O)OCC(=O)Nc1ccc2c(c1)OCO2. The third-order valence-electron chi connectivity index (χ3n) is 2.76. The Morgan fingerprint density at radius 3 is 2.90 bits per heavy atom. The summed E-state index contributed by atoms with van der Waals surface area (Å²) in [5, 5.41) is 2.63. The molecule has 0 unspecified atom stereocenters. The van der Waals surface area contributed by atoms with Gasteiger partial charge in [0.1, 0.15) is 0 Å². The molecule has 1 aromatic rings. The highest BCUT2D eigenvalue weighted by atomic mass is 16.7. The molecule has 108 valence electrons. The summed E-state index contributed by atoms with van der Waals surface area (Å²) in [7, 11) is 0. The molecule has 0 bridgehead atoms. The topological polar surface area (TPSA) is 73.9 Å². The molecular weight excluding hydrogens is 262 g/mol. The van der Waals surface area contributed by atoms with Gasteiger partial charge in [0.25, 0.3) is 5.91 Å². The van der Waals surface area contributed by atoms with Gasteiger partial charge >= 0.3 is 5.97 Å². The first kappa shape index (κ1) is 14.2. The number of hydrogen-bond acceptors (Lipinski definition) is 5. The fraction of sp³-hybridized carbons (Fsp3) is 0.429. The van der Waals surface area contributed by atoms with E-state index in [0.29, 0.717) is 23.6 Å². The number of hydrogen-bond donors (Lipinski definition) is 1. The van der Waals surface area contributed by atoms with Gasteiger partial charge in [0, 0.05) is 18.2 Å². The standard InChI is InChI=1S/C14H17NO5/c1-2-3-4-14(17)18-8-13(16)15-10-5-6-11-12(7-10)20-9-19-11/h5-7H,2-4,8-9H2,1H3,(H,15,16). The smallest absolute Gasteiger partial charge is 0.306 e. The Morgan fingerprint density at radius 1 is 1.30 bits per heavy atom. The molecule has 1 heterocycles. The fourth-order valence-corrected chi connectivity index (χ4v) is 1.71. The van der Waals surface area contributed by atoms with Crippen LogP contribution in [-0.2, 0) is 14.3 Å². The second kappa shape index (κ2) is 6.79. The number of amides is 1. The Hall–Kier alpha value is -2.24. The number of ether oxygens (including phenoxy) is 3. The van der Waals surface area contributed by atoms with Crippen molar-refractivity contribution in [2.75, 3.05) is 18.7 Å². The minimum absolute atomic E-state index is 0.182. The molecule has 1 N–H and O–H groups in total. The minimum atomic E-state index is -0.381. The summed E-state index contributed by atoms with van der Waals surface area (Å²) in [5.74, 6) is 0.498. The molecule has 0 saturated heterocycles. The lowest BCUT2D eigenvalue weighted by Gasteiger charge is -2.07. The number of carbonyl (C=O) groups excluding carboxylic acids is 2. The lowest BCUT2D eigenvalue weighted by molar-refractivity contribution is -0.147. The number of esters is 1. The lowest BCUT2D eigenvalue weighted by atomic mass is 10.2. The van der Waals surface area contributed by atoms with E-state index in [4.69, 9.17) is 14.2 Å². The highest BCUT2D eigenvalue weighted by Crippen LogP contribution is 2.34. The Kier molecular flexibility index (Phi) is 4.81. The van der Waals surface area contributed by atoms with E-state index < -0.39 is 0 Å². The van der Waals surface area contributed by atoms with Crippen LogP contribution in [0, 0.1) is 0 Å². The van der Waals surface area contributed by atoms with Gasteiger partial charge in [-0.25, -0.2) is 0 Å². The Morgan fingerprint density at radius 2 is 2.10 bits per heavy atom. The molecule has 0 atom stereocenters. The number of rotatable bonds is 6. The molecule has 0 aliphatic carbocycles. The monoisotopic (exact) mass is 279 g/mol. The Labute approximate surface area is 117 Å². The van der Waals surface area contributed by atoms with E-state index in [2.05, 4.69) is 5.32 Å². The van der Waals surface area contributed by atoms with Gasteiger partial charge in [-0.15, -0.1) is 0 Å². The van der Waals surface area contributed by atoms with Gasteiger partial charge in [0.15, 0.2) is 18.1 Å². The Balaban J connectivity index is 1.78. The molecule has 0 radical (unpaired) electrons. The lowest BCUT2D eigenvalue weighted by Crippen LogP contribution is -2.20. The highest BCUT2D eigenvalue weighted by molar-refractivity contribution is 5.93. The van der Waals surface area contributed by atoms with E-state index in [1.165, 1.54) is 0 Å². The minimum Gasteiger partial charge on any atom is -0.456 e. The summed E-state index contributed by atoms with van der Waals surface area (Å²) >= 11 is 0. The molecule has 6 heteroatoms. The fourth-order valence-electron chi connectivity index (χ4n) is 1.71. The molecule has 1 aliphatic rings. The zero-order valence-electron chi connectivity index (χ0n) is 11.3. The molecule has 6 nitrogen and oxygen atoms in total. The average Bonchev–Trinajstić information content (AvgIpc) is 2.90. The van der Waals surface area contributed by atoms with Gasteiger partial charge < -0.3 is 19.5 Å². The van der Waals surface area contributed by atoms with Crippen molar-refractivity contribution in [3.63, 3.8) is 0 Å². The predicted molar refractivity (Wildman–Crippen MR) is 71.7 cm³/mol. The van der Waals surface area contributed by atoms with Gasteiger partial charge in [0.05, 0.1) is 0 Å². The molecule has 0 spiro atoms. The van der Waals surface area contributed by atoms with E-state index in [0.717, 1.165) is 12.8 Å². The number of anilines is 1. The largest absolute Gasteiger partial charge is 0.456 e. The number of benzene rings is 1. The van der Waals surface area contributed by atoms with Crippen molar-refractivity contribution in [2.45, 2.75) is 26.2 Å². The van der Waals surface area contributed by atoms with Crippen molar-refractivity contribution >= 4 is 17.6 Å². The van der Waals surface area contributed by atoms with Gasteiger partial charge in [-0.3, -0.25) is 9.59 Å². The maximum absolute atomic E-state index is 11.6. The van der Waals surface area contributed by atoms with Gasteiger partial charge in [-0.05, 0) is 18.6 Å². The van der Waals surface area contributed by atoms with E-state index in [-0.39, 0.29) is 25.3 Å². The number of fused-ring (bicyclic) bond motifs is 1. The first-order valence-corrected chi connectivity index (χ1v) is 6.54. The van der Waals surface area contributed by atoms with Crippen LogP contribution < -0.4 is 14.8 Å². The second-order valence-electron chi connectivity index (χ2n) is 4.38. The van der Waals surface area contributed by atoms with Crippen LogP contribution in [0.25, 0.3) is 0 Å². The van der Waals surface area contributed by atoms with E-state index in [9.17, 15) is 9.59 Å². The van der Waals surface area contributed by atoms with Crippen molar-refractivity contribution in [2.24, 2.45) is 0 Å². The van der Waals surface area contributed by atoms with Crippen LogP contribution in [0.4, 0.5) is 5.69 Å². The molecule has 0 aromatic heterocycles. The van der Waals surface area contributed by atoms with Crippen molar-refractivity contribution in [3.05, 3.63) is 18.2 Å². The quantitative estimate of drug-likeness (QED) is 0.807. The maximum atomic E-state index is 11.6. The van der Waals surface area contributed by atoms with E-state index >= 15 is 0 Å². The van der Waals surface area contributed by atoms with Gasteiger partial charge in [0.2, 0.25) is 6.79 Å². The number of unbranched alkanes of at least 4 members (excludes halogenated alkanes) is 1. The first-order chi connectivity index (χ1) is 9.69. The molecule has 2 rings (SSSR count). The summed E-state index contributed by atoms with van der Waals surface area (Å²) < 4.78 is 15.2. The molecule has 1 aliphatic heterocycles. The number of carbonyl (C=O) groups is 2. The van der Waals surface area contributed by atoms with Crippen LogP contribution in [0.15, 0.2) is 18.2 Å². The maximum Gasteiger partial charge on any atom is 0.306 e. The molecule has 0 saturated carbocycles. The summed E-state index contributed by atoms with van der Waals surface area (Å²) in [6.07, 6.45) is 2.02. The van der Waals surface area contributed by atoms with Gasteiger partial charge in [-0.1, -0.05) is 13.3 Å². The normalized spacial score (nSPS) is 12.1. The molecular formula is C14H17NO5. The average molecular weight is 279 g/mol. The summed E-state index contributed by atoms with van der Waals surface area (Å²) in [6, 6.07) is 5.08. The van der Waals surface area contributed by atoms with Crippen LogP contribution in [0.3, 0.4) is 0 Å². The van der Waals surface area contributed by atoms with Crippen molar-refractivity contribution < 1.29 is 23.8 Å². The highest BCUT2D eigenvalue weighted by Gasteiger charge is 2.14. The third-order valence-corrected chi connectivity index (χ3v) is 2.76. The van der Waals surface area contributed by atoms with Crippen LogP contribution in [0.5, 0.6) is 11.5 Å². The molecule has 1 amide bonds. The summed E-state index contributed by atoms with van der Waals surface area (Å²) in [5.41, 5.74) is 0.573. The van der Waals surface area contributed by atoms with Crippen LogP contribution in [-0.4, -0.2) is 25.3 Å². The Bertz CT molecular complexity index is 500. The van der Waals surface area contributed by atoms with Crippen molar-refractivity contribution in [1.29, 1.82) is 0 Å². The second-order valence-corrected chi connectivity index (χ2v) is 4.38. The molecule has 1 aromatic carbocycles. The third kappa shape index (κ3) is 3.88. The van der Waals surface area contributed by atoms with Crippen molar-refractivity contribution in [1.82, 2.24) is 0 Å². The summed E-state index contributed by atoms with van der Waals surface area (Å²) in [4.78, 5) is 22.9. The molecule has 20 heavy (non-hydrogen) atoms. The number of nitrogens with one attached hydrogen (secondary N) is 1. The summed E-state index contributed by atoms with van der Waals surface area (Å²) in [6.45, 7) is 1.89. The predicted octanol–water partition coefficient (Wildman–Crippen LogP) is 2.09.